The fourth-order valence-corrected chi connectivity index (χ4v) is 1.55. The van der Waals surface area contributed by atoms with Crippen molar-refractivity contribution in [2.45, 2.75) is 38.4 Å². The van der Waals surface area contributed by atoms with Crippen LogP contribution in [0.2, 0.25) is 0 Å². The summed E-state index contributed by atoms with van der Waals surface area (Å²) < 4.78 is 61.3. The van der Waals surface area contributed by atoms with Crippen LogP contribution < -0.4 is 5.32 Å². The molecule has 0 bridgehead atoms. The zero-order valence-corrected chi connectivity index (χ0v) is 9.82. The fraction of sp³-hybridized carbons (Fsp3) is 0.500. The van der Waals surface area contributed by atoms with Crippen molar-refractivity contribution in [1.29, 1.82) is 0 Å². The summed E-state index contributed by atoms with van der Waals surface area (Å²) in [5, 5.41) is 2.82. The molecule has 0 aromatic heterocycles. The number of anilines is 1. The molecule has 1 aromatic carbocycles. The number of halogens is 5. The second-order valence-electron chi connectivity index (χ2n) is 4.18. The van der Waals surface area contributed by atoms with Crippen molar-refractivity contribution in [1.82, 2.24) is 0 Å². The number of hydrogen-bond acceptors (Lipinski definition) is 1. The van der Waals surface area contributed by atoms with Crippen molar-refractivity contribution in [2.75, 3.05) is 5.32 Å². The molecule has 0 aliphatic carbocycles. The smallest absolute Gasteiger partial charge is 0.383 e. The van der Waals surface area contributed by atoms with Gasteiger partial charge < -0.3 is 5.32 Å². The van der Waals surface area contributed by atoms with Crippen molar-refractivity contribution in [3.63, 3.8) is 0 Å². The molecule has 0 saturated heterocycles. The molecule has 0 aliphatic rings. The van der Waals surface area contributed by atoms with Crippen LogP contribution in [0.15, 0.2) is 18.2 Å². The third kappa shape index (κ3) is 5.33. The average molecular weight is 267 g/mol. The highest BCUT2D eigenvalue weighted by atomic mass is 19.4. The Labute approximate surface area is 102 Å². The summed E-state index contributed by atoms with van der Waals surface area (Å²) in [6.07, 6.45) is -4.68. The highest BCUT2D eigenvalue weighted by molar-refractivity contribution is 5.44. The van der Waals surface area contributed by atoms with E-state index in [-0.39, 0.29) is 12.5 Å². The second-order valence-corrected chi connectivity index (χ2v) is 4.18. The van der Waals surface area contributed by atoms with E-state index in [4.69, 9.17) is 0 Å². The van der Waals surface area contributed by atoms with Gasteiger partial charge in [-0.15, -0.1) is 0 Å². The van der Waals surface area contributed by atoms with Crippen molar-refractivity contribution in [2.24, 2.45) is 0 Å². The van der Waals surface area contributed by atoms with Gasteiger partial charge in [-0.2, -0.15) is 13.2 Å². The molecule has 1 nitrogen and oxygen atoms in total. The van der Waals surface area contributed by atoms with Crippen LogP contribution in [0, 0.1) is 11.6 Å². The van der Waals surface area contributed by atoms with Crippen LogP contribution in [-0.2, 0) is 0 Å². The lowest BCUT2D eigenvalue weighted by atomic mass is 10.1. The molecule has 0 aliphatic heterocycles. The van der Waals surface area contributed by atoms with Crippen molar-refractivity contribution < 1.29 is 22.0 Å². The van der Waals surface area contributed by atoms with Gasteiger partial charge in [0, 0.05) is 24.2 Å². The topological polar surface area (TPSA) is 12.0 Å². The monoisotopic (exact) mass is 267 g/mol. The Morgan fingerprint density at radius 2 is 1.83 bits per heavy atom. The Balaban J connectivity index is 2.40. The van der Waals surface area contributed by atoms with Gasteiger partial charge in [-0.25, -0.2) is 8.78 Å². The van der Waals surface area contributed by atoms with E-state index in [9.17, 15) is 22.0 Å². The molecule has 0 fully saturated rings. The van der Waals surface area contributed by atoms with Gasteiger partial charge in [0.15, 0.2) is 11.6 Å². The molecule has 0 saturated carbocycles. The van der Waals surface area contributed by atoms with Crippen LogP contribution >= 0.6 is 0 Å². The third-order valence-electron chi connectivity index (χ3n) is 2.43. The number of benzene rings is 1. The minimum atomic E-state index is -4.15. The van der Waals surface area contributed by atoms with Crippen molar-refractivity contribution >= 4 is 5.69 Å². The van der Waals surface area contributed by atoms with E-state index < -0.39 is 24.2 Å². The first-order valence-corrected chi connectivity index (χ1v) is 5.56. The highest BCUT2D eigenvalue weighted by Gasteiger charge is 2.26. The number of hydrogen-bond donors (Lipinski definition) is 1. The molecule has 6 heteroatoms. The van der Waals surface area contributed by atoms with Crippen LogP contribution in [0.25, 0.3) is 0 Å². The van der Waals surface area contributed by atoms with Gasteiger partial charge in [-0.1, -0.05) is 0 Å². The molecule has 1 rings (SSSR count). The molecule has 1 aromatic rings. The lowest BCUT2D eigenvalue weighted by molar-refractivity contribution is -0.135. The largest absolute Gasteiger partial charge is 0.389 e. The molecule has 0 heterocycles. The summed E-state index contributed by atoms with van der Waals surface area (Å²) in [6.45, 7) is 1.69. The molecule has 1 N–H and O–H groups in total. The number of rotatable bonds is 5. The highest BCUT2D eigenvalue weighted by Crippen LogP contribution is 2.23. The molecule has 102 valence electrons. The van der Waals surface area contributed by atoms with E-state index in [0.29, 0.717) is 12.1 Å². The summed E-state index contributed by atoms with van der Waals surface area (Å²) >= 11 is 0. The fourth-order valence-electron chi connectivity index (χ4n) is 1.55. The van der Waals surface area contributed by atoms with Crippen LogP contribution in [0.1, 0.15) is 26.2 Å². The van der Waals surface area contributed by atoms with E-state index in [1.54, 1.807) is 6.92 Å². The first kappa shape index (κ1) is 14.7. The lowest BCUT2D eigenvalue weighted by Crippen LogP contribution is -2.16. The van der Waals surface area contributed by atoms with Crippen LogP contribution in [0.4, 0.5) is 27.6 Å². The second kappa shape index (κ2) is 6.02. The summed E-state index contributed by atoms with van der Waals surface area (Å²) in [7, 11) is 0. The lowest BCUT2D eigenvalue weighted by Gasteiger charge is -2.15. The molecular formula is C12H14F5N. The molecule has 18 heavy (non-hydrogen) atoms. The SMILES string of the molecule is CC(CCCC(F)(F)F)Nc1ccc(F)c(F)c1. The molecule has 0 spiro atoms. The van der Waals surface area contributed by atoms with Crippen LogP contribution in [0.3, 0.4) is 0 Å². The van der Waals surface area contributed by atoms with E-state index in [1.807, 2.05) is 0 Å². The zero-order valence-electron chi connectivity index (χ0n) is 9.82. The summed E-state index contributed by atoms with van der Waals surface area (Å²) in [5.41, 5.74) is 0.355. The Morgan fingerprint density at radius 3 is 2.39 bits per heavy atom. The molecule has 1 atom stereocenters. The van der Waals surface area contributed by atoms with Crippen LogP contribution in [0.5, 0.6) is 0 Å². The average Bonchev–Trinajstić information content (AvgIpc) is 2.21. The normalized spacial score (nSPS) is 13.4. The van der Waals surface area contributed by atoms with E-state index in [0.717, 1.165) is 12.1 Å². The Hall–Kier alpha value is -1.33. The molecular weight excluding hydrogens is 253 g/mol. The van der Waals surface area contributed by atoms with Gasteiger partial charge in [-0.3, -0.25) is 0 Å². The van der Waals surface area contributed by atoms with E-state index in [1.165, 1.54) is 6.07 Å². The van der Waals surface area contributed by atoms with E-state index >= 15 is 0 Å². The van der Waals surface area contributed by atoms with Gasteiger partial charge in [0.05, 0.1) is 0 Å². The van der Waals surface area contributed by atoms with Crippen molar-refractivity contribution in [3.05, 3.63) is 29.8 Å². The zero-order chi connectivity index (χ0) is 13.8. The minimum absolute atomic E-state index is 0.00133. The number of nitrogens with one attached hydrogen (secondary N) is 1. The Kier molecular flexibility index (Phi) is 4.93. The molecule has 1 unspecified atom stereocenters. The number of alkyl halides is 3. The standard InChI is InChI=1S/C12H14F5N/c1-8(3-2-6-12(15,16)17)18-9-4-5-10(13)11(14)7-9/h4-5,7-8,18H,2-3,6H2,1H3. The summed E-state index contributed by atoms with van der Waals surface area (Å²) in [4.78, 5) is 0. The third-order valence-corrected chi connectivity index (χ3v) is 2.43. The molecule has 0 radical (unpaired) electrons. The first-order chi connectivity index (χ1) is 8.28. The van der Waals surface area contributed by atoms with Crippen LogP contribution in [-0.4, -0.2) is 12.2 Å². The predicted octanol–water partition coefficient (Wildman–Crippen LogP) is 4.50. The Morgan fingerprint density at radius 1 is 1.17 bits per heavy atom. The van der Waals surface area contributed by atoms with E-state index in [2.05, 4.69) is 5.32 Å². The van der Waals surface area contributed by atoms with Gasteiger partial charge in [-0.05, 0) is 31.9 Å². The quantitative estimate of drug-likeness (QED) is 0.774. The first-order valence-electron chi connectivity index (χ1n) is 5.56. The summed E-state index contributed by atoms with van der Waals surface area (Å²) in [6, 6.07) is 3.06. The van der Waals surface area contributed by atoms with Crippen molar-refractivity contribution in [3.8, 4) is 0 Å². The summed E-state index contributed by atoms with van der Waals surface area (Å²) in [5.74, 6) is -1.94. The Bertz CT molecular complexity index is 389. The van der Waals surface area contributed by atoms with Gasteiger partial charge >= 0.3 is 6.18 Å². The van der Waals surface area contributed by atoms with Gasteiger partial charge in [0.2, 0.25) is 0 Å². The maximum Gasteiger partial charge on any atom is 0.389 e. The maximum absolute atomic E-state index is 12.9. The maximum atomic E-state index is 12.9. The molecule has 0 amide bonds. The van der Waals surface area contributed by atoms with Gasteiger partial charge in [0.25, 0.3) is 0 Å². The van der Waals surface area contributed by atoms with Gasteiger partial charge in [0.1, 0.15) is 0 Å². The minimum Gasteiger partial charge on any atom is -0.383 e. The predicted molar refractivity (Wildman–Crippen MR) is 59.3 cm³/mol.